The summed E-state index contributed by atoms with van der Waals surface area (Å²) >= 11 is 1.37. The van der Waals surface area contributed by atoms with Gasteiger partial charge in [-0.2, -0.15) is 0 Å². The van der Waals surface area contributed by atoms with Crippen LogP contribution >= 0.6 is 11.3 Å². The van der Waals surface area contributed by atoms with Crippen LogP contribution in [-0.2, 0) is 20.7 Å². The quantitative estimate of drug-likeness (QED) is 0.746. The van der Waals surface area contributed by atoms with Crippen molar-refractivity contribution >= 4 is 34.1 Å². The topological polar surface area (TPSA) is 98.8 Å². The highest BCUT2D eigenvalue weighted by atomic mass is 32.1. The number of carboxylic acid groups (broad SMARTS) is 1. The summed E-state index contributed by atoms with van der Waals surface area (Å²) in [6.45, 7) is 5.95. The number of aliphatic carboxylic acids is 1. The van der Waals surface area contributed by atoms with Gasteiger partial charge in [0.15, 0.2) is 0 Å². The van der Waals surface area contributed by atoms with Crippen molar-refractivity contribution in [2.75, 3.05) is 31.6 Å². The molecule has 3 rings (SSSR count). The largest absolute Gasteiger partial charge is 0.550 e. The molecule has 2 aliphatic rings. The van der Waals surface area contributed by atoms with Crippen molar-refractivity contribution < 1.29 is 24.2 Å². The molecule has 1 aromatic heterocycles. The van der Waals surface area contributed by atoms with Crippen molar-refractivity contribution in [3.05, 3.63) is 28.2 Å². The van der Waals surface area contributed by atoms with E-state index in [0.717, 1.165) is 10.4 Å². The van der Waals surface area contributed by atoms with Gasteiger partial charge in [-0.15, -0.1) is 11.3 Å². The molecule has 1 fully saturated rings. The Kier molecular flexibility index (Phi) is 6.51. The maximum Gasteiger partial charge on any atom is 0.257 e. The van der Waals surface area contributed by atoms with Crippen LogP contribution in [0.4, 0.5) is 5.00 Å². The fourth-order valence-corrected chi connectivity index (χ4v) is 4.95. The average Bonchev–Trinajstić information content (AvgIpc) is 3.02. The zero-order valence-corrected chi connectivity index (χ0v) is 17.0. The van der Waals surface area contributed by atoms with E-state index in [1.807, 2.05) is 19.9 Å². The second kappa shape index (κ2) is 8.87. The second-order valence-electron chi connectivity index (χ2n) is 7.06. The number of hydrogen-bond acceptors (Lipinski definition) is 6. The highest BCUT2D eigenvalue weighted by Gasteiger charge is 2.32. The number of carbonyl (C=O) groups excluding carboxylic acids is 3. The molecule has 0 bridgehead atoms. The zero-order valence-electron chi connectivity index (χ0n) is 16.2. The van der Waals surface area contributed by atoms with E-state index in [0.29, 0.717) is 49.7 Å². The highest BCUT2D eigenvalue weighted by Crippen LogP contribution is 2.36. The molecule has 0 spiro atoms. The van der Waals surface area contributed by atoms with E-state index in [1.54, 1.807) is 11.0 Å². The Morgan fingerprint density at radius 1 is 1.21 bits per heavy atom. The van der Waals surface area contributed by atoms with E-state index in [1.165, 1.54) is 11.3 Å². The van der Waals surface area contributed by atoms with Crippen molar-refractivity contribution in [1.29, 1.82) is 0 Å². The number of allylic oxidation sites excluding steroid dienone is 2. The molecule has 152 valence electrons. The van der Waals surface area contributed by atoms with Gasteiger partial charge in [0, 0.05) is 29.9 Å². The van der Waals surface area contributed by atoms with Crippen LogP contribution in [-0.4, -0.2) is 49.0 Å². The Morgan fingerprint density at radius 3 is 2.46 bits per heavy atom. The van der Waals surface area contributed by atoms with Crippen LogP contribution in [0.5, 0.6) is 0 Å². The first-order valence-corrected chi connectivity index (χ1v) is 10.4. The molecule has 2 atom stereocenters. The lowest BCUT2D eigenvalue weighted by atomic mass is 9.82. The van der Waals surface area contributed by atoms with Gasteiger partial charge in [-0.3, -0.25) is 9.59 Å². The predicted octanol–water partition coefficient (Wildman–Crippen LogP) is 1.36. The van der Waals surface area contributed by atoms with E-state index in [-0.39, 0.29) is 18.2 Å². The van der Waals surface area contributed by atoms with Gasteiger partial charge in [-0.05, 0) is 31.7 Å². The van der Waals surface area contributed by atoms with Gasteiger partial charge in [0.2, 0.25) is 5.91 Å². The standard InChI is InChI=1S/C20H26N2O5S/c1-3-13-12(2)28-18(16(13)19(24)22-8-10-27-11-9-22)21-17(23)14-6-4-5-7-15(14)20(25)26/h4-5,14-15H,3,6-11H2,1-2H3,(H,21,23)(H,25,26)/p-1/t14-,15-/m1/s1. The van der Waals surface area contributed by atoms with Crippen LogP contribution < -0.4 is 10.4 Å². The lowest BCUT2D eigenvalue weighted by Gasteiger charge is -2.29. The lowest BCUT2D eigenvalue weighted by molar-refractivity contribution is -0.313. The SMILES string of the molecule is CCc1c(C)sc(NC(=O)[C@@H]2CC=CC[C@H]2C(=O)[O-])c1C(=O)N1CCOCC1. The zero-order chi connectivity index (χ0) is 20.3. The van der Waals surface area contributed by atoms with Crippen LogP contribution in [0.3, 0.4) is 0 Å². The molecule has 1 N–H and O–H groups in total. The van der Waals surface area contributed by atoms with Gasteiger partial charge in [-0.25, -0.2) is 0 Å². The summed E-state index contributed by atoms with van der Waals surface area (Å²) < 4.78 is 5.33. The lowest BCUT2D eigenvalue weighted by Crippen LogP contribution is -2.42. The van der Waals surface area contributed by atoms with Gasteiger partial charge < -0.3 is 24.9 Å². The normalized spacial score (nSPS) is 22.1. The third-order valence-corrected chi connectivity index (χ3v) is 6.45. The number of morpholine rings is 1. The molecule has 7 nitrogen and oxygen atoms in total. The molecular formula is C20H25N2O5S-. The summed E-state index contributed by atoms with van der Waals surface area (Å²) in [5.41, 5.74) is 1.45. The maximum atomic E-state index is 13.2. The molecular weight excluding hydrogens is 380 g/mol. The summed E-state index contributed by atoms with van der Waals surface area (Å²) in [5.74, 6) is -3.26. The van der Waals surface area contributed by atoms with Crippen molar-refractivity contribution in [1.82, 2.24) is 4.90 Å². The van der Waals surface area contributed by atoms with E-state index in [9.17, 15) is 19.5 Å². The first-order chi connectivity index (χ1) is 13.4. The van der Waals surface area contributed by atoms with E-state index in [4.69, 9.17) is 4.74 Å². The minimum absolute atomic E-state index is 0.111. The molecule has 0 aromatic carbocycles. The van der Waals surface area contributed by atoms with E-state index < -0.39 is 17.8 Å². The molecule has 8 heteroatoms. The Morgan fingerprint density at radius 2 is 1.86 bits per heavy atom. The van der Waals surface area contributed by atoms with E-state index >= 15 is 0 Å². The number of thiophene rings is 1. The highest BCUT2D eigenvalue weighted by molar-refractivity contribution is 7.16. The number of amides is 2. The van der Waals surface area contributed by atoms with E-state index in [2.05, 4.69) is 5.32 Å². The van der Waals surface area contributed by atoms with Crippen molar-refractivity contribution in [3.8, 4) is 0 Å². The molecule has 2 heterocycles. The molecule has 0 saturated carbocycles. The van der Waals surface area contributed by atoms with Gasteiger partial charge in [0.05, 0.1) is 24.7 Å². The third kappa shape index (κ3) is 4.12. The van der Waals surface area contributed by atoms with Crippen LogP contribution in [0.1, 0.15) is 40.6 Å². The maximum absolute atomic E-state index is 13.2. The number of hydrogen-bond donors (Lipinski definition) is 1. The summed E-state index contributed by atoms with van der Waals surface area (Å²) in [4.78, 5) is 40.2. The first-order valence-electron chi connectivity index (χ1n) is 9.60. The third-order valence-electron chi connectivity index (χ3n) is 5.38. The van der Waals surface area contributed by atoms with Gasteiger partial charge >= 0.3 is 0 Å². The molecule has 1 aromatic rings. The number of nitrogens with one attached hydrogen (secondary N) is 1. The number of ether oxygens (including phenoxy) is 1. The van der Waals surface area contributed by atoms with Gasteiger partial charge in [0.25, 0.3) is 5.91 Å². The number of aryl methyl sites for hydroxylation is 1. The Labute approximate surface area is 168 Å². The molecule has 1 saturated heterocycles. The van der Waals surface area contributed by atoms with Gasteiger partial charge in [-0.1, -0.05) is 19.1 Å². The van der Waals surface area contributed by atoms with Crippen LogP contribution in [0, 0.1) is 18.8 Å². The monoisotopic (exact) mass is 405 g/mol. The van der Waals surface area contributed by atoms with Gasteiger partial charge in [0.1, 0.15) is 5.00 Å². The second-order valence-corrected chi connectivity index (χ2v) is 8.29. The average molecular weight is 405 g/mol. The summed E-state index contributed by atoms with van der Waals surface area (Å²) in [6.07, 6.45) is 4.89. The Hall–Kier alpha value is -2.19. The number of rotatable bonds is 5. The Balaban J connectivity index is 1.87. The molecule has 2 amide bonds. The molecule has 0 radical (unpaired) electrons. The number of anilines is 1. The van der Waals surface area contributed by atoms with Crippen LogP contribution in [0.15, 0.2) is 12.2 Å². The fraction of sp³-hybridized carbons (Fsp3) is 0.550. The smallest absolute Gasteiger partial charge is 0.257 e. The summed E-state index contributed by atoms with van der Waals surface area (Å²) in [6, 6.07) is 0. The number of nitrogens with zero attached hydrogens (tertiary/aromatic N) is 1. The molecule has 1 aliphatic heterocycles. The first kappa shape index (κ1) is 20.5. The summed E-state index contributed by atoms with van der Waals surface area (Å²) in [7, 11) is 0. The molecule has 1 aliphatic carbocycles. The van der Waals surface area contributed by atoms with Crippen LogP contribution in [0.25, 0.3) is 0 Å². The predicted molar refractivity (Wildman–Crippen MR) is 104 cm³/mol. The minimum Gasteiger partial charge on any atom is -0.550 e. The number of carbonyl (C=O) groups is 3. The van der Waals surface area contributed by atoms with Crippen LogP contribution in [0.2, 0.25) is 0 Å². The van der Waals surface area contributed by atoms with Crippen molar-refractivity contribution in [2.24, 2.45) is 11.8 Å². The molecule has 28 heavy (non-hydrogen) atoms. The fourth-order valence-electron chi connectivity index (χ4n) is 3.81. The Bertz CT molecular complexity index is 795. The summed E-state index contributed by atoms with van der Waals surface area (Å²) in [5, 5.41) is 14.8. The molecule has 0 unspecified atom stereocenters. The minimum atomic E-state index is -1.22. The number of carboxylic acids is 1. The van der Waals surface area contributed by atoms with Crippen molar-refractivity contribution in [3.63, 3.8) is 0 Å². The van der Waals surface area contributed by atoms with Crippen molar-refractivity contribution in [2.45, 2.75) is 33.1 Å².